The molecule has 3 rings (SSSR count). The second kappa shape index (κ2) is 9.52. The van der Waals surface area contributed by atoms with Gasteiger partial charge < -0.3 is 19.9 Å². The Kier molecular flexibility index (Phi) is 6.82. The molecule has 0 fully saturated rings. The third kappa shape index (κ3) is 4.84. The molecule has 0 radical (unpaired) electrons. The number of carbonyl (C=O) groups excluding carboxylic acids is 1. The van der Waals surface area contributed by atoms with Crippen molar-refractivity contribution in [1.82, 2.24) is 4.98 Å². The van der Waals surface area contributed by atoms with Gasteiger partial charge in [-0.1, -0.05) is 23.2 Å². The van der Waals surface area contributed by atoms with E-state index in [-0.39, 0.29) is 5.76 Å². The largest absolute Gasteiger partial charge is 0.493 e. The SMILES string of the molecule is COc1ccc(C(=Cc2c(Cl)cncc2Cl)OC(=O)c2ccc(N)cc2)cc1OC. The minimum atomic E-state index is -0.572. The van der Waals surface area contributed by atoms with Crippen molar-refractivity contribution in [3.05, 3.63) is 81.6 Å². The first kappa shape index (κ1) is 21.5. The number of anilines is 1. The number of ether oxygens (including phenoxy) is 3. The Morgan fingerprint density at radius 1 is 0.933 bits per heavy atom. The number of hydrogen-bond acceptors (Lipinski definition) is 6. The van der Waals surface area contributed by atoms with Crippen LogP contribution in [0, 0.1) is 0 Å². The van der Waals surface area contributed by atoms with Crippen LogP contribution in [-0.2, 0) is 4.74 Å². The van der Waals surface area contributed by atoms with E-state index in [4.69, 9.17) is 43.1 Å². The summed E-state index contributed by atoms with van der Waals surface area (Å²) in [7, 11) is 3.05. The number of hydrogen-bond donors (Lipinski definition) is 1. The topological polar surface area (TPSA) is 83.7 Å². The molecule has 1 heterocycles. The molecule has 0 aliphatic heterocycles. The van der Waals surface area contributed by atoms with Gasteiger partial charge in [-0.3, -0.25) is 4.98 Å². The van der Waals surface area contributed by atoms with Crippen LogP contribution in [0.2, 0.25) is 10.0 Å². The number of nitrogens with two attached hydrogens (primary N) is 1. The van der Waals surface area contributed by atoms with Crippen molar-refractivity contribution in [3.63, 3.8) is 0 Å². The molecule has 30 heavy (non-hydrogen) atoms. The molecule has 0 spiro atoms. The van der Waals surface area contributed by atoms with E-state index < -0.39 is 5.97 Å². The van der Waals surface area contributed by atoms with Crippen LogP contribution in [-0.4, -0.2) is 25.2 Å². The molecule has 0 aliphatic carbocycles. The van der Waals surface area contributed by atoms with Crippen LogP contribution in [0.25, 0.3) is 11.8 Å². The Bertz CT molecular complexity index is 1080. The van der Waals surface area contributed by atoms with Gasteiger partial charge in [0.05, 0.1) is 29.8 Å². The summed E-state index contributed by atoms with van der Waals surface area (Å²) >= 11 is 12.5. The molecule has 3 aromatic rings. The van der Waals surface area contributed by atoms with Gasteiger partial charge in [0, 0.05) is 29.2 Å². The molecular formula is C22H18Cl2N2O4. The molecule has 6 nitrogen and oxygen atoms in total. The van der Waals surface area contributed by atoms with Crippen LogP contribution in [0.5, 0.6) is 11.5 Å². The molecule has 0 aliphatic rings. The number of pyridine rings is 1. The summed E-state index contributed by atoms with van der Waals surface area (Å²) in [4.78, 5) is 16.7. The molecule has 0 amide bonds. The highest BCUT2D eigenvalue weighted by molar-refractivity contribution is 6.37. The van der Waals surface area contributed by atoms with Crippen molar-refractivity contribution in [2.24, 2.45) is 0 Å². The van der Waals surface area contributed by atoms with Gasteiger partial charge in [-0.25, -0.2) is 4.79 Å². The first-order valence-electron chi connectivity index (χ1n) is 8.73. The van der Waals surface area contributed by atoms with Gasteiger partial charge in [-0.15, -0.1) is 0 Å². The van der Waals surface area contributed by atoms with Gasteiger partial charge in [-0.05, 0) is 48.5 Å². The van der Waals surface area contributed by atoms with Crippen LogP contribution in [0.4, 0.5) is 5.69 Å². The van der Waals surface area contributed by atoms with Gasteiger partial charge in [0.2, 0.25) is 0 Å². The number of aromatic nitrogens is 1. The van der Waals surface area contributed by atoms with E-state index in [0.29, 0.717) is 43.9 Å². The van der Waals surface area contributed by atoms with Crippen LogP contribution in [0.1, 0.15) is 21.5 Å². The highest BCUT2D eigenvalue weighted by atomic mass is 35.5. The van der Waals surface area contributed by atoms with Gasteiger partial charge in [0.1, 0.15) is 5.76 Å². The Morgan fingerprint density at radius 2 is 1.53 bits per heavy atom. The highest BCUT2D eigenvalue weighted by Gasteiger charge is 2.16. The van der Waals surface area contributed by atoms with Crippen LogP contribution < -0.4 is 15.2 Å². The summed E-state index contributed by atoms with van der Waals surface area (Å²) < 4.78 is 16.3. The molecule has 2 N–H and O–H groups in total. The molecule has 0 saturated heterocycles. The number of methoxy groups -OCH3 is 2. The second-order valence-electron chi connectivity index (χ2n) is 6.11. The van der Waals surface area contributed by atoms with Crippen LogP contribution in [0.3, 0.4) is 0 Å². The molecule has 0 saturated carbocycles. The third-order valence-corrected chi connectivity index (χ3v) is 4.79. The lowest BCUT2D eigenvalue weighted by atomic mass is 10.1. The molecule has 0 atom stereocenters. The predicted octanol–water partition coefficient (Wildman–Crippen LogP) is 5.34. The molecule has 0 bridgehead atoms. The Balaban J connectivity index is 2.08. The first-order chi connectivity index (χ1) is 14.4. The van der Waals surface area contributed by atoms with E-state index >= 15 is 0 Å². The fourth-order valence-electron chi connectivity index (χ4n) is 2.63. The Morgan fingerprint density at radius 3 is 2.13 bits per heavy atom. The number of carbonyl (C=O) groups is 1. The van der Waals surface area contributed by atoms with Gasteiger partial charge >= 0.3 is 5.97 Å². The van der Waals surface area contributed by atoms with Gasteiger partial charge in [0.25, 0.3) is 0 Å². The van der Waals surface area contributed by atoms with E-state index in [1.165, 1.54) is 26.6 Å². The maximum atomic E-state index is 12.7. The number of esters is 1. The Labute approximate surface area is 183 Å². The van der Waals surface area contributed by atoms with Crippen molar-refractivity contribution in [2.45, 2.75) is 0 Å². The molecule has 0 unspecified atom stereocenters. The summed E-state index contributed by atoms with van der Waals surface area (Å²) in [5.41, 5.74) is 7.58. The zero-order valence-electron chi connectivity index (χ0n) is 16.2. The maximum Gasteiger partial charge on any atom is 0.343 e. The average molecular weight is 445 g/mol. The van der Waals surface area contributed by atoms with Crippen LogP contribution >= 0.6 is 23.2 Å². The van der Waals surface area contributed by atoms with Crippen molar-refractivity contribution < 1.29 is 19.0 Å². The standard InChI is InChI=1S/C22H18Cl2N2O4/c1-28-19-8-5-14(9-21(19)29-2)20(10-16-17(23)11-26-12-18(16)24)30-22(27)13-3-6-15(25)7-4-13/h3-12H,25H2,1-2H3. The Hall–Kier alpha value is -3.22. The summed E-state index contributed by atoms with van der Waals surface area (Å²) in [5, 5.41) is 0.619. The van der Waals surface area contributed by atoms with E-state index in [1.54, 1.807) is 48.5 Å². The van der Waals surface area contributed by atoms with Crippen molar-refractivity contribution in [3.8, 4) is 11.5 Å². The monoisotopic (exact) mass is 444 g/mol. The van der Waals surface area contributed by atoms with Gasteiger partial charge in [-0.2, -0.15) is 0 Å². The fourth-order valence-corrected chi connectivity index (χ4v) is 3.10. The number of halogens is 2. The van der Waals surface area contributed by atoms with Crippen molar-refractivity contribution in [2.75, 3.05) is 20.0 Å². The summed E-state index contributed by atoms with van der Waals surface area (Å²) in [6.45, 7) is 0. The van der Waals surface area contributed by atoms with E-state index in [2.05, 4.69) is 4.98 Å². The summed E-state index contributed by atoms with van der Waals surface area (Å²) in [5.74, 6) is 0.645. The second-order valence-corrected chi connectivity index (χ2v) is 6.92. The molecule has 154 valence electrons. The normalized spacial score (nSPS) is 11.1. The van der Waals surface area contributed by atoms with E-state index in [9.17, 15) is 4.79 Å². The lowest BCUT2D eigenvalue weighted by molar-refractivity contribution is 0.0693. The van der Waals surface area contributed by atoms with E-state index in [0.717, 1.165) is 0 Å². The zero-order valence-corrected chi connectivity index (χ0v) is 17.7. The van der Waals surface area contributed by atoms with E-state index in [1.807, 2.05) is 0 Å². The molecule has 2 aromatic carbocycles. The molecule has 8 heteroatoms. The predicted molar refractivity (Wildman–Crippen MR) is 118 cm³/mol. The number of benzene rings is 2. The minimum Gasteiger partial charge on any atom is -0.493 e. The number of nitrogens with zero attached hydrogens (tertiary/aromatic N) is 1. The quantitative estimate of drug-likeness (QED) is 0.313. The summed E-state index contributed by atoms with van der Waals surface area (Å²) in [6, 6.07) is 11.5. The molecule has 1 aromatic heterocycles. The maximum absolute atomic E-state index is 12.7. The smallest absolute Gasteiger partial charge is 0.343 e. The molecular weight excluding hydrogens is 427 g/mol. The van der Waals surface area contributed by atoms with Crippen molar-refractivity contribution in [1.29, 1.82) is 0 Å². The first-order valence-corrected chi connectivity index (χ1v) is 9.49. The average Bonchev–Trinajstić information content (AvgIpc) is 2.75. The van der Waals surface area contributed by atoms with Crippen molar-refractivity contribution >= 4 is 46.7 Å². The fraction of sp³-hybridized carbons (Fsp3) is 0.0909. The summed E-state index contributed by atoms with van der Waals surface area (Å²) in [6.07, 6.45) is 4.48. The number of rotatable bonds is 6. The third-order valence-electron chi connectivity index (χ3n) is 4.18. The lowest BCUT2D eigenvalue weighted by Crippen LogP contribution is -2.05. The minimum absolute atomic E-state index is 0.216. The zero-order chi connectivity index (χ0) is 21.7. The lowest BCUT2D eigenvalue weighted by Gasteiger charge is -2.13. The van der Waals surface area contributed by atoms with Crippen LogP contribution in [0.15, 0.2) is 54.9 Å². The highest BCUT2D eigenvalue weighted by Crippen LogP contribution is 2.34. The van der Waals surface area contributed by atoms with Gasteiger partial charge in [0.15, 0.2) is 11.5 Å². The number of nitrogen functional groups attached to an aromatic ring is 1.